The van der Waals surface area contributed by atoms with Gasteiger partial charge in [0.1, 0.15) is 11.5 Å². The molecule has 21 heavy (non-hydrogen) atoms. The Hall–Kier alpha value is -1.79. The second kappa shape index (κ2) is 7.85. The molecule has 2 rings (SSSR count). The summed E-state index contributed by atoms with van der Waals surface area (Å²) in [4.78, 5) is 11.9. The van der Waals surface area contributed by atoms with E-state index in [1.54, 1.807) is 32.4 Å². The number of anilines is 1. The minimum atomic E-state index is -0.108. The topological polar surface area (TPSA) is 68.8 Å². The van der Waals surface area contributed by atoms with Crippen LogP contribution in [-0.2, 0) is 9.53 Å². The molecule has 1 aliphatic heterocycles. The predicted octanol–water partition coefficient (Wildman–Crippen LogP) is 1.41. The Morgan fingerprint density at radius 1 is 1.29 bits per heavy atom. The molecule has 1 aliphatic rings. The number of methoxy groups -OCH3 is 2. The number of hydrogen-bond donors (Lipinski definition) is 2. The Morgan fingerprint density at radius 3 is 2.57 bits per heavy atom. The standard InChI is InChI=1S/C15H22N2O4/c1-19-13-6-11(7-14(8-13)20-2)17-15(18)10-16-9-12-4-3-5-21-12/h6-8,12,16H,3-5,9-10H2,1-2H3,(H,17,18)/t12-/m1/s1. The van der Waals surface area contributed by atoms with Gasteiger partial charge in [0, 0.05) is 37.0 Å². The van der Waals surface area contributed by atoms with Crippen molar-refractivity contribution in [2.75, 3.05) is 39.2 Å². The fourth-order valence-corrected chi connectivity index (χ4v) is 2.24. The molecule has 1 aromatic carbocycles. The van der Waals surface area contributed by atoms with E-state index in [0.717, 1.165) is 19.4 Å². The second-order valence-electron chi connectivity index (χ2n) is 4.92. The summed E-state index contributed by atoms with van der Waals surface area (Å²) in [6, 6.07) is 5.26. The highest BCUT2D eigenvalue weighted by Gasteiger charge is 2.15. The summed E-state index contributed by atoms with van der Waals surface area (Å²) in [6.45, 7) is 1.77. The van der Waals surface area contributed by atoms with Crippen LogP contribution in [0, 0.1) is 0 Å². The van der Waals surface area contributed by atoms with Crippen LogP contribution in [0.25, 0.3) is 0 Å². The smallest absolute Gasteiger partial charge is 0.238 e. The van der Waals surface area contributed by atoms with Crippen molar-refractivity contribution in [2.24, 2.45) is 0 Å². The number of rotatable bonds is 7. The molecule has 6 nitrogen and oxygen atoms in total. The summed E-state index contributed by atoms with van der Waals surface area (Å²) in [5.74, 6) is 1.16. The molecule has 1 amide bonds. The monoisotopic (exact) mass is 294 g/mol. The van der Waals surface area contributed by atoms with Gasteiger partial charge in [0.2, 0.25) is 5.91 Å². The Morgan fingerprint density at radius 2 is 2.00 bits per heavy atom. The van der Waals surface area contributed by atoms with E-state index in [2.05, 4.69) is 10.6 Å². The quantitative estimate of drug-likeness (QED) is 0.796. The van der Waals surface area contributed by atoms with Crippen molar-refractivity contribution < 1.29 is 19.0 Å². The SMILES string of the molecule is COc1cc(NC(=O)CNC[C@H]2CCCO2)cc(OC)c1. The summed E-state index contributed by atoms with van der Waals surface area (Å²) < 4.78 is 15.8. The molecule has 116 valence electrons. The van der Waals surface area contributed by atoms with E-state index in [1.807, 2.05) is 0 Å². The Balaban J connectivity index is 1.81. The minimum Gasteiger partial charge on any atom is -0.497 e. The van der Waals surface area contributed by atoms with E-state index in [0.29, 0.717) is 23.7 Å². The van der Waals surface area contributed by atoms with Crippen molar-refractivity contribution in [2.45, 2.75) is 18.9 Å². The van der Waals surface area contributed by atoms with Gasteiger partial charge in [0.25, 0.3) is 0 Å². The van der Waals surface area contributed by atoms with E-state index in [9.17, 15) is 4.79 Å². The molecule has 1 fully saturated rings. The summed E-state index contributed by atoms with van der Waals surface area (Å²) in [7, 11) is 3.15. The van der Waals surface area contributed by atoms with Crippen LogP contribution in [0.1, 0.15) is 12.8 Å². The van der Waals surface area contributed by atoms with Crippen molar-refractivity contribution >= 4 is 11.6 Å². The van der Waals surface area contributed by atoms with Gasteiger partial charge in [-0.1, -0.05) is 0 Å². The fourth-order valence-electron chi connectivity index (χ4n) is 2.24. The third kappa shape index (κ3) is 4.91. The van der Waals surface area contributed by atoms with E-state index in [4.69, 9.17) is 14.2 Å². The van der Waals surface area contributed by atoms with Gasteiger partial charge in [-0.15, -0.1) is 0 Å². The van der Waals surface area contributed by atoms with Gasteiger partial charge in [-0.2, -0.15) is 0 Å². The van der Waals surface area contributed by atoms with Gasteiger partial charge in [0.15, 0.2) is 0 Å². The zero-order valence-corrected chi connectivity index (χ0v) is 12.5. The molecule has 0 unspecified atom stereocenters. The molecule has 2 N–H and O–H groups in total. The molecule has 0 aromatic heterocycles. The highest BCUT2D eigenvalue weighted by Crippen LogP contribution is 2.25. The average Bonchev–Trinajstić information content (AvgIpc) is 3.00. The first-order valence-corrected chi connectivity index (χ1v) is 7.06. The van der Waals surface area contributed by atoms with E-state index in [-0.39, 0.29) is 18.6 Å². The molecule has 0 radical (unpaired) electrons. The Kier molecular flexibility index (Phi) is 5.83. The molecule has 0 spiro atoms. The van der Waals surface area contributed by atoms with Crippen molar-refractivity contribution in [1.82, 2.24) is 5.32 Å². The highest BCUT2D eigenvalue weighted by molar-refractivity contribution is 5.92. The Labute approximate surface area is 124 Å². The number of carbonyl (C=O) groups excluding carboxylic acids is 1. The van der Waals surface area contributed by atoms with Crippen LogP contribution in [0.4, 0.5) is 5.69 Å². The number of carbonyl (C=O) groups is 1. The van der Waals surface area contributed by atoms with Crippen LogP contribution in [0.5, 0.6) is 11.5 Å². The van der Waals surface area contributed by atoms with Crippen LogP contribution >= 0.6 is 0 Å². The number of benzene rings is 1. The van der Waals surface area contributed by atoms with E-state index < -0.39 is 0 Å². The average molecular weight is 294 g/mol. The van der Waals surface area contributed by atoms with Crippen molar-refractivity contribution in [1.29, 1.82) is 0 Å². The molecule has 0 saturated carbocycles. The van der Waals surface area contributed by atoms with Crippen molar-refractivity contribution in [3.63, 3.8) is 0 Å². The van der Waals surface area contributed by atoms with Crippen LogP contribution < -0.4 is 20.1 Å². The lowest BCUT2D eigenvalue weighted by atomic mass is 10.2. The van der Waals surface area contributed by atoms with Crippen molar-refractivity contribution in [3.05, 3.63) is 18.2 Å². The first-order valence-electron chi connectivity index (χ1n) is 7.06. The lowest BCUT2D eigenvalue weighted by Crippen LogP contribution is -2.33. The van der Waals surface area contributed by atoms with E-state index >= 15 is 0 Å². The second-order valence-corrected chi connectivity index (χ2v) is 4.92. The molecule has 1 heterocycles. The van der Waals surface area contributed by atoms with Gasteiger partial charge >= 0.3 is 0 Å². The number of ether oxygens (including phenoxy) is 3. The van der Waals surface area contributed by atoms with Crippen LogP contribution in [0.3, 0.4) is 0 Å². The molecule has 0 bridgehead atoms. The van der Waals surface area contributed by atoms with Gasteiger partial charge in [-0.3, -0.25) is 4.79 Å². The zero-order valence-electron chi connectivity index (χ0n) is 12.5. The van der Waals surface area contributed by atoms with Crippen LogP contribution in [0.15, 0.2) is 18.2 Å². The maximum atomic E-state index is 11.9. The molecule has 1 atom stereocenters. The molecule has 1 saturated heterocycles. The molecular formula is C15H22N2O4. The minimum absolute atomic E-state index is 0.108. The van der Waals surface area contributed by atoms with Gasteiger partial charge in [0.05, 0.1) is 26.9 Å². The third-order valence-electron chi connectivity index (χ3n) is 3.32. The maximum Gasteiger partial charge on any atom is 0.238 e. The lowest BCUT2D eigenvalue weighted by Gasteiger charge is -2.12. The van der Waals surface area contributed by atoms with Gasteiger partial charge in [-0.05, 0) is 12.8 Å². The first kappa shape index (κ1) is 15.6. The molecule has 1 aromatic rings. The summed E-state index contributed by atoms with van der Waals surface area (Å²) in [5, 5.41) is 5.92. The van der Waals surface area contributed by atoms with Crippen molar-refractivity contribution in [3.8, 4) is 11.5 Å². The first-order chi connectivity index (χ1) is 10.2. The van der Waals surface area contributed by atoms with Gasteiger partial charge in [-0.25, -0.2) is 0 Å². The third-order valence-corrected chi connectivity index (χ3v) is 3.32. The normalized spacial score (nSPS) is 17.5. The molecule has 6 heteroatoms. The number of nitrogens with one attached hydrogen (secondary N) is 2. The lowest BCUT2D eigenvalue weighted by molar-refractivity contribution is -0.115. The number of amides is 1. The summed E-state index contributed by atoms with van der Waals surface area (Å²) in [5.41, 5.74) is 0.648. The predicted molar refractivity (Wildman–Crippen MR) is 80.0 cm³/mol. The van der Waals surface area contributed by atoms with Crippen LogP contribution in [-0.4, -0.2) is 45.9 Å². The Bertz CT molecular complexity index is 450. The summed E-state index contributed by atoms with van der Waals surface area (Å²) >= 11 is 0. The van der Waals surface area contributed by atoms with Gasteiger partial charge < -0.3 is 24.8 Å². The van der Waals surface area contributed by atoms with E-state index in [1.165, 1.54) is 0 Å². The summed E-state index contributed by atoms with van der Waals surface area (Å²) in [6.07, 6.45) is 2.39. The zero-order chi connectivity index (χ0) is 15.1. The largest absolute Gasteiger partial charge is 0.497 e. The molecular weight excluding hydrogens is 272 g/mol. The fraction of sp³-hybridized carbons (Fsp3) is 0.533. The molecule has 0 aliphatic carbocycles. The number of hydrogen-bond acceptors (Lipinski definition) is 5. The maximum absolute atomic E-state index is 11.9. The van der Waals surface area contributed by atoms with Crippen LogP contribution in [0.2, 0.25) is 0 Å². The highest BCUT2D eigenvalue weighted by atomic mass is 16.5.